The number of pyridine rings is 2. The average Bonchev–Trinajstić information content (AvgIpc) is 2.48. The number of aryl methyl sites for hydroxylation is 1. The van der Waals surface area contributed by atoms with Crippen molar-refractivity contribution in [3.05, 3.63) is 59.8 Å². The van der Waals surface area contributed by atoms with E-state index in [0.29, 0.717) is 5.03 Å². The zero-order valence-corrected chi connectivity index (χ0v) is 12.1. The van der Waals surface area contributed by atoms with Gasteiger partial charge in [0, 0.05) is 11.6 Å². The summed E-state index contributed by atoms with van der Waals surface area (Å²) in [6.45, 7) is 1.99. The predicted molar refractivity (Wildman–Crippen MR) is 81.8 cm³/mol. The molecule has 4 nitrogen and oxygen atoms in total. The van der Waals surface area contributed by atoms with Crippen molar-refractivity contribution in [2.75, 3.05) is 0 Å². The molecule has 21 heavy (non-hydrogen) atoms. The van der Waals surface area contributed by atoms with E-state index in [0.717, 1.165) is 21.5 Å². The largest absolute Gasteiger partial charge is 0.478 e. The van der Waals surface area contributed by atoms with Gasteiger partial charge in [-0.2, -0.15) is 0 Å². The molecule has 0 atom stereocenters. The van der Waals surface area contributed by atoms with Gasteiger partial charge in [0.05, 0.1) is 11.1 Å². The molecule has 2 heterocycles. The van der Waals surface area contributed by atoms with Crippen molar-refractivity contribution in [2.45, 2.75) is 17.0 Å². The number of carboxylic acids is 1. The minimum absolute atomic E-state index is 0.228. The molecule has 0 saturated carbocycles. The van der Waals surface area contributed by atoms with Crippen LogP contribution in [0.3, 0.4) is 0 Å². The van der Waals surface area contributed by atoms with E-state index in [1.807, 2.05) is 31.2 Å². The smallest absolute Gasteiger partial charge is 0.335 e. The molecule has 3 rings (SSSR count). The number of carboxylic acid groups (broad SMARTS) is 1. The summed E-state index contributed by atoms with van der Waals surface area (Å²) < 4.78 is 0. The van der Waals surface area contributed by atoms with Crippen LogP contribution in [-0.2, 0) is 0 Å². The monoisotopic (exact) mass is 296 g/mol. The van der Waals surface area contributed by atoms with Crippen molar-refractivity contribution in [1.82, 2.24) is 9.97 Å². The lowest BCUT2D eigenvalue weighted by Crippen LogP contribution is -1.97. The topological polar surface area (TPSA) is 63.1 Å². The lowest BCUT2D eigenvalue weighted by Gasteiger charge is -2.06. The van der Waals surface area contributed by atoms with Gasteiger partial charge in [-0.3, -0.25) is 0 Å². The molecule has 1 N–H and O–H groups in total. The summed E-state index contributed by atoms with van der Waals surface area (Å²) in [6.07, 6.45) is 1.50. The second kappa shape index (κ2) is 5.54. The minimum atomic E-state index is -0.956. The summed E-state index contributed by atoms with van der Waals surface area (Å²) >= 11 is 1.38. The molecule has 0 fully saturated rings. The minimum Gasteiger partial charge on any atom is -0.478 e. The van der Waals surface area contributed by atoms with Crippen LogP contribution in [0.2, 0.25) is 0 Å². The molecule has 0 aliphatic heterocycles. The number of fused-ring (bicyclic) bond motifs is 1. The van der Waals surface area contributed by atoms with Crippen molar-refractivity contribution in [2.24, 2.45) is 0 Å². The zero-order valence-electron chi connectivity index (χ0n) is 11.3. The second-order valence-electron chi connectivity index (χ2n) is 4.59. The van der Waals surface area contributed by atoms with E-state index >= 15 is 0 Å². The van der Waals surface area contributed by atoms with Crippen LogP contribution in [0, 0.1) is 6.92 Å². The van der Waals surface area contributed by atoms with Crippen molar-refractivity contribution < 1.29 is 9.90 Å². The maximum Gasteiger partial charge on any atom is 0.335 e. The molecule has 2 aromatic heterocycles. The average molecular weight is 296 g/mol. The van der Waals surface area contributed by atoms with Gasteiger partial charge in [0.15, 0.2) is 0 Å². The fourth-order valence-corrected chi connectivity index (χ4v) is 2.87. The Morgan fingerprint density at radius 3 is 2.81 bits per heavy atom. The fourth-order valence-electron chi connectivity index (χ4n) is 2.00. The van der Waals surface area contributed by atoms with Gasteiger partial charge in [-0.25, -0.2) is 14.8 Å². The number of para-hydroxylation sites is 1. The summed E-state index contributed by atoms with van der Waals surface area (Å²) in [6, 6.07) is 13.0. The maximum absolute atomic E-state index is 11.0. The van der Waals surface area contributed by atoms with E-state index in [2.05, 4.69) is 16.0 Å². The highest BCUT2D eigenvalue weighted by Crippen LogP contribution is 2.29. The van der Waals surface area contributed by atoms with E-state index in [-0.39, 0.29) is 5.56 Å². The van der Waals surface area contributed by atoms with E-state index in [1.54, 1.807) is 6.07 Å². The molecule has 0 radical (unpaired) electrons. The van der Waals surface area contributed by atoms with Crippen molar-refractivity contribution in [1.29, 1.82) is 0 Å². The molecule has 0 saturated heterocycles. The molecular formula is C16H12N2O2S. The molecular weight excluding hydrogens is 284 g/mol. The normalized spacial score (nSPS) is 10.7. The summed E-state index contributed by atoms with van der Waals surface area (Å²) in [4.78, 5) is 19.8. The van der Waals surface area contributed by atoms with Crippen LogP contribution in [0.15, 0.2) is 58.7 Å². The lowest BCUT2D eigenvalue weighted by molar-refractivity contribution is 0.0696. The van der Waals surface area contributed by atoms with E-state index < -0.39 is 5.97 Å². The maximum atomic E-state index is 11.0. The Hall–Kier alpha value is -2.40. The highest BCUT2D eigenvalue weighted by molar-refractivity contribution is 7.99. The standard InChI is InChI=1S/C16H12N2O2S/c1-10-8-11-4-2-3-5-13(11)18-15(10)21-14-9-12(16(19)20)6-7-17-14/h2-9H,1H3,(H,19,20). The number of hydrogen-bond donors (Lipinski definition) is 1. The summed E-state index contributed by atoms with van der Waals surface area (Å²) in [5.41, 5.74) is 2.19. The predicted octanol–water partition coefficient (Wildman–Crippen LogP) is 3.79. The van der Waals surface area contributed by atoms with E-state index in [9.17, 15) is 4.79 Å². The van der Waals surface area contributed by atoms with Gasteiger partial charge in [-0.1, -0.05) is 18.2 Å². The Kier molecular flexibility index (Phi) is 3.58. The molecule has 3 aromatic rings. The Bertz CT molecular complexity index is 833. The van der Waals surface area contributed by atoms with Crippen molar-refractivity contribution in [3.63, 3.8) is 0 Å². The first kappa shape index (κ1) is 13.6. The van der Waals surface area contributed by atoms with Crippen molar-refractivity contribution in [3.8, 4) is 0 Å². The highest BCUT2D eigenvalue weighted by atomic mass is 32.2. The fraction of sp³-hybridized carbons (Fsp3) is 0.0625. The van der Waals surface area contributed by atoms with Gasteiger partial charge in [-0.05, 0) is 48.5 Å². The quantitative estimate of drug-likeness (QED) is 0.796. The Balaban J connectivity index is 1.99. The van der Waals surface area contributed by atoms with E-state index in [4.69, 9.17) is 5.11 Å². The van der Waals surface area contributed by atoms with Crippen LogP contribution in [0.25, 0.3) is 10.9 Å². The van der Waals surface area contributed by atoms with Crippen LogP contribution in [0.5, 0.6) is 0 Å². The van der Waals surface area contributed by atoms with E-state index in [1.165, 1.54) is 24.0 Å². The second-order valence-corrected chi connectivity index (χ2v) is 5.60. The molecule has 0 aliphatic rings. The number of nitrogens with zero attached hydrogens (tertiary/aromatic N) is 2. The Morgan fingerprint density at radius 2 is 2.00 bits per heavy atom. The van der Waals surface area contributed by atoms with Gasteiger partial charge in [-0.15, -0.1) is 0 Å². The molecule has 5 heteroatoms. The molecule has 0 aliphatic carbocycles. The number of carbonyl (C=O) groups is 1. The summed E-state index contributed by atoms with van der Waals surface area (Å²) in [7, 11) is 0. The third kappa shape index (κ3) is 2.87. The van der Waals surface area contributed by atoms with Gasteiger partial charge in [0.1, 0.15) is 10.1 Å². The van der Waals surface area contributed by atoms with Gasteiger partial charge in [0.2, 0.25) is 0 Å². The van der Waals surface area contributed by atoms with Gasteiger partial charge < -0.3 is 5.11 Å². The van der Waals surface area contributed by atoms with Crippen LogP contribution >= 0.6 is 11.8 Å². The molecule has 0 unspecified atom stereocenters. The molecule has 0 bridgehead atoms. The number of aromatic carboxylic acids is 1. The first-order chi connectivity index (χ1) is 10.1. The SMILES string of the molecule is Cc1cc2ccccc2nc1Sc1cc(C(=O)O)ccn1. The first-order valence-electron chi connectivity index (χ1n) is 6.37. The highest BCUT2D eigenvalue weighted by Gasteiger charge is 2.09. The van der Waals surface area contributed by atoms with Crippen LogP contribution in [0.1, 0.15) is 15.9 Å². The van der Waals surface area contributed by atoms with Gasteiger partial charge in [0.25, 0.3) is 0 Å². The summed E-state index contributed by atoms with van der Waals surface area (Å²) in [5.74, 6) is -0.956. The Labute approximate surface area is 125 Å². The number of benzene rings is 1. The molecule has 1 aromatic carbocycles. The summed E-state index contributed by atoms with van der Waals surface area (Å²) in [5, 5.41) is 11.6. The molecule has 104 valence electrons. The third-order valence-electron chi connectivity index (χ3n) is 3.05. The van der Waals surface area contributed by atoms with Crippen LogP contribution in [-0.4, -0.2) is 21.0 Å². The number of aromatic nitrogens is 2. The lowest BCUT2D eigenvalue weighted by atomic mass is 10.2. The molecule has 0 amide bonds. The number of hydrogen-bond acceptors (Lipinski definition) is 4. The third-order valence-corrected chi connectivity index (χ3v) is 4.09. The van der Waals surface area contributed by atoms with Gasteiger partial charge >= 0.3 is 5.97 Å². The first-order valence-corrected chi connectivity index (χ1v) is 7.19. The van der Waals surface area contributed by atoms with Crippen LogP contribution in [0.4, 0.5) is 0 Å². The Morgan fingerprint density at radius 1 is 1.19 bits per heavy atom. The molecule has 0 spiro atoms. The zero-order chi connectivity index (χ0) is 14.8. The van der Waals surface area contributed by atoms with Crippen molar-refractivity contribution >= 4 is 28.6 Å². The van der Waals surface area contributed by atoms with Crippen LogP contribution < -0.4 is 0 Å². The number of rotatable bonds is 3.